The minimum Gasteiger partial charge on any atom is -0.330 e. The van der Waals surface area contributed by atoms with Crippen molar-refractivity contribution in [3.63, 3.8) is 0 Å². The van der Waals surface area contributed by atoms with E-state index < -0.39 is 0 Å². The first kappa shape index (κ1) is 12.3. The van der Waals surface area contributed by atoms with Gasteiger partial charge in [-0.05, 0) is 46.7 Å². The molecule has 0 amide bonds. The molecule has 3 aromatic rings. The average Bonchev–Trinajstić information content (AvgIpc) is 2.79. The fourth-order valence-corrected chi connectivity index (χ4v) is 2.52. The Kier molecular flexibility index (Phi) is 3.31. The monoisotopic (exact) mass is 316 g/mol. The Labute approximate surface area is 119 Å². The van der Waals surface area contributed by atoms with Gasteiger partial charge in [0.05, 0.1) is 11.4 Å². The Bertz CT molecular complexity index is 706. The molecule has 0 aliphatic rings. The molecule has 0 aliphatic carbocycles. The molecule has 0 saturated heterocycles. The smallest absolute Gasteiger partial charge is 0.137 e. The zero-order chi connectivity index (χ0) is 13.2. The van der Waals surface area contributed by atoms with E-state index in [9.17, 15) is 0 Å². The second-order valence-corrected chi connectivity index (χ2v) is 5.17. The van der Waals surface area contributed by atoms with Crippen molar-refractivity contribution in [3.8, 4) is 11.3 Å². The molecular formula is C14H13BrN4. The first-order chi connectivity index (χ1) is 9.29. The summed E-state index contributed by atoms with van der Waals surface area (Å²) in [6.07, 6.45) is 6.37. The molecule has 0 aromatic carbocycles. The maximum Gasteiger partial charge on any atom is 0.137 e. The maximum atomic E-state index is 5.73. The molecule has 3 heterocycles. The van der Waals surface area contributed by atoms with E-state index >= 15 is 0 Å². The van der Waals surface area contributed by atoms with Crippen molar-refractivity contribution in [2.75, 3.05) is 6.54 Å². The fourth-order valence-electron chi connectivity index (χ4n) is 2.18. The summed E-state index contributed by atoms with van der Waals surface area (Å²) in [6.45, 7) is 0.596. The van der Waals surface area contributed by atoms with Crippen LogP contribution in [0.5, 0.6) is 0 Å². The first-order valence-corrected chi connectivity index (χ1v) is 6.86. The van der Waals surface area contributed by atoms with Gasteiger partial charge in [-0.25, -0.2) is 4.98 Å². The van der Waals surface area contributed by atoms with Gasteiger partial charge in [0, 0.05) is 35.0 Å². The van der Waals surface area contributed by atoms with Crippen molar-refractivity contribution >= 4 is 21.6 Å². The molecule has 0 unspecified atom stereocenters. The number of halogens is 1. The Balaban J connectivity index is 2.26. The predicted octanol–water partition coefficient (Wildman–Crippen LogP) is 2.66. The van der Waals surface area contributed by atoms with Gasteiger partial charge >= 0.3 is 0 Å². The molecule has 0 fully saturated rings. The lowest BCUT2D eigenvalue weighted by atomic mass is 10.1. The predicted molar refractivity (Wildman–Crippen MR) is 78.9 cm³/mol. The second kappa shape index (κ2) is 5.11. The number of hydrogen-bond donors (Lipinski definition) is 1. The summed E-state index contributed by atoms with van der Waals surface area (Å²) >= 11 is 3.49. The number of nitrogens with two attached hydrogens (primary N) is 1. The molecule has 4 nitrogen and oxygen atoms in total. The maximum absolute atomic E-state index is 5.73. The van der Waals surface area contributed by atoms with Crippen LogP contribution in [-0.2, 0) is 6.42 Å². The Morgan fingerprint density at radius 3 is 2.68 bits per heavy atom. The van der Waals surface area contributed by atoms with Crippen LogP contribution in [0.1, 0.15) is 5.69 Å². The topological polar surface area (TPSA) is 56.2 Å². The zero-order valence-electron chi connectivity index (χ0n) is 10.3. The minimum absolute atomic E-state index is 0.596. The number of hydrogen-bond acceptors (Lipinski definition) is 3. The fraction of sp³-hybridized carbons (Fsp3) is 0.143. The van der Waals surface area contributed by atoms with Crippen molar-refractivity contribution < 1.29 is 0 Å². The number of fused-ring (bicyclic) bond motifs is 1. The van der Waals surface area contributed by atoms with Gasteiger partial charge in [-0.15, -0.1) is 0 Å². The van der Waals surface area contributed by atoms with Crippen molar-refractivity contribution in [1.82, 2.24) is 14.4 Å². The lowest BCUT2D eigenvalue weighted by Gasteiger charge is -2.03. The molecule has 0 bridgehead atoms. The van der Waals surface area contributed by atoms with E-state index in [1.54, 1.807) is 12.4 Å². The van der Waals surface area contributed by atoms with Gasteiger partial charge in [-0.3, -0.25) is 4.98 Å². The van der Waals surface area contributed by atoms with E-state index in [0.717, 1.165) is 33.5 Å². The highest BCUT2D eigenvalue weighted by molar-refractivity contribution is 9.10. The summed E-state index contributed by atoms with van der Waals surface area (Å²) in [5.41, 5.74) is 9.83. The number of rotatable bonds is 3. The summed E-state index contributed by atoms with van der Waals surface area (Å²) < 4.78 is 3.11. The Morgan fingerprint density at radius 1 is 1.16 bits per heavy atom. The third-order valence-corrected chi connectivity index (χ3v) is 3.49. The molecule has 3 aromatic heterocycles. The molecule has 0 saturated carbocycles. The second-order valence-electron chi connectivity index (χ2n) is 4.26. The summed E-state index contributed by atoms with van der Waals surface area (Å²) in [5, 5.41) is 0. The van der Waals surface area contributed by atoms with E-state index in [0.29, 0.717) is 6.54 Å². The van der Waals surface area contributed by atoms with Crippen LogP contribution in [0.25, 0.3) is 16.9 Å². The van der Waals surface area contributed by atoms with Crippen molar-refractivity contribution in [2.45, 2.75) is 6.42 Å². The van der Waals surface area contributed by atoms with E-state index in [2.05, 4.69) is 25.3 Å². The standard InChI is InChI=1S/C14H13BrN4/c15-11-1-2-13-18-14(10-4-7-17-8-5-10)12(3-6-16)19(13)9-11/h1-2,4-5,7-9H,3,6,16H2. The molecule has 0 atom stereocenters. The van der Waals surface area contributed by atoms with Crippen molar-refractivity contribution in [3.05, 3.63) is 53.0 Å². The lowest BCUT2D eigenvalue weighted by molar-refractivity contribution is 0.905. The van der Waals surface area contributed by atoms with Crippen molar-refractivity contribution in [2.24, 2.45) is 5.73 Å². The van der Waals surface area contributed by atoms with Crippen LogP contribution >= 0.6 is 15.9 Å². The van der Waals surface area contributed by atoms with Crippen LogP contribution in [0.2, 0.25) is 0 Å². The largest absolute Gasteiger partial charge is 0.330 e. The van der Waals surface area contributed by atoms with Gasteiger partial charge in [0.15, 0.2) is 0 Å². The average molecular weight is 317 g/mol. The van der Waals surface area contributed by atoms with Gasteiger partial charge in [0.25, 0.3) is 0 Å². The van der Waals surface area contributed by atoms with Crippen LogP contribution in [-0.4, -0.2) is 20.9 Å². The highest BCUT2D eigenvalue weighted by atomic mass is 79.9. The number of imidazole rings is 1. The summed E-state index contributed by atoms with van der Waals surface area (Å²) in [4.78, 5) is 8.75. The van der Waals surface area contributed by atoms with Crippen LogP contribution in [0.3, 0.4) is 0 Å². The molecule has 0 radical (unpaired) electrons. The minimum atomic E-state index is 0.596. The summed E-state index contributed by atoms with van der Waals surface area (Å²) in [5.74, 6) is 0. The van der Waals surface area contributed by atoms with Gasteiger partial charge in [-0.1, -0.05) is 0 Å². The van der Waals surface area contributed by atoms with Gasteiger partial charge in [0.2, 0.25) is 0 Å². The lowest BCUT2D eigenvalue weighted by Crippen LogP contribution is -2.06. The highest BCUT2D eigenvalue weighted by Crippen LogP contribution is 2.25. The van der Waals surface area contributed by atoms with Crippen LogP contribution in [0.15, 0.2) is 47.3 Å². The molecule has 0 spiro atoms. The van der Waals surface area contributed by atoms with E-state index in [4.69, 9.17) is 10.7 Å². The normalized spacial score (nSPS) is 11.1. The third-order valence-electron chi connectivity index (χ3n) is 3.02. The molecule has 0 aliphatic heterocycles. The van der Waals surface area contributed by atoms with Gasteiger partial charge in [0.1, 0.15) is 5.65 Å². The number of aromatic nitrogens is 3. The van der Waals surface area contributed by atoms with Gasteiger partial charge < -0.3 is 10.1 Å². The van der Waals surface area contributed by atoms with E-state index in [1.807, 2.05) is 30.5 Å². The van der Waals surface area contributed by atoms with E-state index in [-0.39, 0.29) is 0 Å². The molecule has 2 N–H and O–H groups in total. The highest BCUT2D eigenvalue weighted by Gasteiger charge is 2.13. The first-order valence-electron chi connectivity index (χ1n) is 6.06. The van der Waals surface area contributed by atoms with Crippen molar-refractivity contribution in [1.29, 1.82) is 0 Å². The third kappa shape index (κ3) is 2.27. The summed E-state index contributed by atoms with van der Waals surface area (Å²) in [6, 6.07) is 7.92. The quantitative estimate of drug-likeness (QED) is 0.808. The number of nitrogens with zero attached hydrogens (tertiary/aromatic N) is 3. The summed E-state index contributed by atoms with van der Waals surface area (Å²) in [7, 11) is 0. The SMILES string of the molecule is NCCc1c(-c2ccncc2)nc2ccc(Br)cn12. The zero-order valence-corrected chi connectivity index (χ0v) is 11.8. The van der Waals surface area contributed by atoms with Gasteiger partial charge in [-0.2, -0.15) is 0 Å². The Morgan fingerprint density at radius 2 is 1.95 bits per heavy atom. The van der Waals surface area contributed by atoms with Crippen LogP contribution < -0.4 is 5.73 Å². The molecular weight excluding hydrogens is 304 g/mol. The molecule has 3 rings (SSSR count). The molecule has 96 valence electrons. The Hall–Kier alpha value is -1.72. The molecule has 19 heavy (non-hydrogen) atoms. The van der Waals surface area contributed by atoms with Crippen LogP contribution in [0.4, 0.5) is 0 Å². The van der Waals surface area contributed by atoms with Crippen LogP contribution in [0, 0.1) is 0 Å². The molecule has 5 heteroatoms. The van der Waals surface area contributed by atoms with E-state index in [1.165, 1.54) is 0 Å². The number of pyridine rings is 2.